The number of morpholine rings is 1. The van der Waals surface area contributed by atoms with Crippen LogP contribution in [0, 0.1) is 0 Å². The van der Waals surface area contributed by atoms with Gasteiger partial charge in [0.2, 0.25) is 0 Å². The van der Waals surface area contributed by atoms with Crippen LogP contribution >= 0.6 is 0 Å². The Morgan fingerprint density at radius 3 is 2.77 bits per heavy atom. The van der Waals surface area contributed by atoms with Gasteiger partial charge in [0.1, 0.15) is 16.9 Å². The second kappa shape index (κ2) is 6.29. The fourth-order valence-electron chi connectivity index (χ4n) is 2.51. The normalized spacial score (nSPS) is 16.0. The van der Waals surface area contributed by atoms with Crippen LogP contribution in [-0.2, 0) is 4.74 Å². The largest absolute Gasteiger partial charge is 0.508 e. The molecule has 22 heavy (non-hydrogen) atoms. The van der Waals surface area contributed by atoms with Gasteiger partial charge in [-0.3, -0.25) is 9.69 Å². The van der Waals surface area contributed by atoms with E-state index in [9.17, 15) is 14.7 Å². The molecule has 0 radical (unpaired) electrons. The summed E-state index contributed by atoms with van der Waals surface area (Å²) >= 11 is 0. The van der Waals surface area contributed by atoms with E-state index >= 15 is 0 Å². The van der Waals surface area contributed by atoms with Crippen molar-refractivity contribution in [3.63, 3.8) is 0 Å². The van der Waals surface area contributed by atoms with Crippen LogP contribution < -0.4 is 5.63 Å². The first-order valence-electron chi connectivity index (χ1n) is 7.24. The lowest BCUT2D eigenvalue weighted by atomic mass is 10.1. The molecule has 3 rings (SSSR count). The zero-order chi connectivity index (χ0) is 15.5. The molecule has 0 amide bonds. The van der Waals surface area contributed by atoms with Crippen molar-refractivity contribution >= 4 is 16.8 Å². The molecule has 1 fully saturated rings. The lowest BCUT2D eigenvalue weighted by Gasteiger charge is -2.26. The SMILES string of the molecule is O=C(CCN1CCOCC1)c1cc2ccc(O)cc2oc1=O. The Hall–Kier alpha value is -2.18. The predicted molar refractivity (Wildman–Crippen MR) is 80.4 cm³/mol. The number of nitrogens with zero attached hydrogens (tertiary/aromatic N) is 1. The summed E-state index contributed by atoms with van der Waals surface area (Å²) in [7, 11) is 0. The predicted octanol–water partition coefficient (Wildman–Crippen LogP) is 1.40. The summed E-state index contributed by atoms with van der Waals surface area (Å²) in [6, 6.07) is 6.00. The summed E-state index contributed by atoms with van der Waals surface area (Å²) in [5, 5.41) is 10.0. The molecular formula is C16H17NO5. The van der Waals surface area contributed by atoms with Crippen LogP contribution in [0.5, 0.6) is 5.75 Å². The standard InChI is InChI=1S/C16H17NO5/c18-12-2-1-11-9-13(16(20)22-15(11)10-12)14(19)3-4-17-5-7-21-8-6-17/h1-2,9-10,18H,3-8H2. The van der Waals surface area contributed by atoms with Gasteiger partial charge in [-0.05, 0) is 18.2 Å². The number of benzene rings is 1. The molecule has 6 nitrogen and oxygen atoms in total. The molecule has 0 unspecified atom stereocenters. The minimum Gasteiger partial charge on any atom is -0.508 e. The van der Waals surface area contributed by atoms with E-state index in [1.54, 1.807) is 6.07 Å². The minimum absolute atomic E-state index is 0.0158. The summed E-state index contributed by atoms with van der Waals surface area (Å²) in [4.78, 5) is 26.3. The summed E-state index contributed by atoms with van der Waals surface area (Å²) < 4.78 is 10.4. The molecule has 2 aromatic rings. The van der Waals surface area contributed by atoms with E-state index in [2.05, 4.69) is 4.90 Å². The van der Waals surface area contributed by atoms with Crippen molar-refractivity contribution in [3.8, 4) is 5.75 Å². The molecule has 2 heterocycles. The molecule has 1 N–H and O–H groups in total. The Bertz CT molecular complexity index is 746. The molecule has 1 aliphatic rings. The molecule has 1 aromatic carbocycles. The van der Waals surface area contributed by atoms with Gasteiger partial charge < -0.3 is 14.3 Å². The maximum absolute atomic E-state index is 12.3. The van der Waals surface area contributed by atoms with Crippen LogP contribution in [0.2, 0.25) is 0 Å². The number of hydrogen-bond acceptors (Lipinski definition) is 6. The Morgan fingerprint density at radius 1 is 1.23 bits per heavy atom. The highest BCUT2D eigenvalue weighted by molar-refractivity contribution is 5.98. The van der Waals surface area contributed by atoms with Crippen molar-refractivity contribution in [3.05, 3.63) is 40.2 Å². The van der Waals surface area contributed by atoms with Crippen molar-refractivity contribution in [2.45, 2.75) is 6.42 Å². The number of Topliss-reactive ketones (excluding diaryl/α,β-unsaturated/α-hetero) is 1. The number of ether oxygens (including phenoxy) is 1. The van der Waals surface area contributed by atoms with Crippen LogP contribution in [0.4, 0.5) is 0 Å². The third kappa shape index (κ3) is 3.18. The van der Waals surface area contributed by atoms with E-state index in [0.29, 0.717) is 25.1 Å². The third-order valence-electron chi connectivity index (χ3n) is 3.78. The summed E-state index contributed by atoms with van der Waals surface area (Å²) in [5.41, 5.74) is -0.328. The van der Waals surface area contributed by atoms with Crippen molar-refractivity contribution < 1.29 is 19.1 Å². The van der Waals surface area contributed by atoms with Gasteiger partial charge in [-0.2, -0.15) is 0 Å². The molecule has 6 heteroatoms. The van der Waals surface area contributed by atoms with Gasteiger partial charge in [0, 0.05) is 37.5 Å². The number of carbonyl (C=O) groups excluding carboxylic acids is 1. The first-order chi connectivity index (χ1) is 10.6. The van der Waals surface area contributed by atoms with Crippen molar-refractivity contribution in [2.75, 3.05) is 32.8 Å². The highest BCUT2D eigenvalue weighted by Crippen LogP contribution is 2.19. The molecule has 0 bridgehead atoms. The molecule has 116 valence electrons. The molecule has 0 spiro atoms. The average Bonchev–Trinajstić information content (AvgIpc) is 2.53. The zero-order valence-corrected chi connectivity index (χ0v) is 12.1. The zero-order valence-electron chi connectivity index (χ0n) is 12.1. The average molecular weight is 303 g/mol. The number of aromatic hydroxyl groups is 1. The van der Waals surface area contributed by atoms with Gasteiger partial charge in [-0.15, -0.1) is 0 Å². The highest BCUT2D eigenvalue weighted by atomic mass is 16.5. The Balaban J connectivity index is 1.76. The van der Waals surface area contributed by atoms with Gasteiger partial charge in [0.15, 0.2) is 5.78 Å². The number of hydrogen-bond donors (Lipinski definition) is 1. The quantitative estimate of drug-likeness (QED) is 0.679. The van der Waals surface area contributed by atoms with Crippen molar-refractivity contribution in [2.24, 2.45) is 0 Å². The number of carbonyl (C=O) groups is 1. The van der Waals surface area contributed by atoms with E-state index in [-0.39, 0.29) is 29.1 Å². The first-order valence-corrected chi connectivity index (χ1v) is 7.24. The first kappa shape index (κ1) is 14.7. The van der Waals surface area contributed by atoms with Gasteiger partial charge in [0.05, 0.1) is 13.2 Å². The van der Waals surface area contributed by atoms with E-state index < -0.39 is 5.63 Å². The number of phenols is 1. The van der Waals surface area contributed by atoms with E-state index in [4.69, 9.17) is 9.15 Å². The fraction of sp³-hybridized carbons (Fsp3) is 0.375. The third-order valence-corrected chi connectivity index (χ3v) is 3.78. The van der Waals surface area contributed by atoms with Crippen molar-refractivity contribution in [1.29, 1.82) is 0 Å². The summed E-state index contributed by atoms with van der Waals surface area (Å²) in [6.45, 7) is 3.57. The summed E-state index contributed by atoms with van der Waals surface area (Å²) in [6.07, 6.45) is 0.272. The molecule has 0 saturated carbocycles. The molecule has 0 atom stereocenters. The Kier molecular flexibility index (Phi) is 4.22. The number of rotatable bonds is 4. The number of fused-ring (bicyclic) bond motifs is 1. The Labute approximate surface area is 126 Å². The van der Waals surface area contributed by atoms with Gasteiger partial charge in [-0.1, -0.05) is 0 Å². The molecule has 1 aromatic heterocycles. The van der Waals surface area contributed by atoms with Crippen molar-refractivity contribution in [1.82, 2.24) is 4.90 Å². The van der Waals surface area contributed by atoms with E-state index in [0.717, 1.165) is 13.1 Å². The lowest BCUT2D eigenvalue weighted by molar-refractivity contribution is 0.0370. The second-order valence-electron chi connectivity index (χ2n) is 5.30. The molecular weight excluding hydrogens is 286 g/mol. The van der Waals surface area contributed by atoms with Crippen LogP contribution in [0.3, 0.4) is 0 Å². The monoisotopic (exact) mass is 303 g/mol. The van der Waals surface area contributed by atoms with E-state index in [1.165, 1.54) is 18.2 Å². The van der Waals surface area contributed by atoms with Crippen LogP contribution in [-0.4, -0.2) is 48.6 Å². The maximum Gasteiger partial charge on any atom is 0.347 e. The highest BCUT2D eigenvalue weighted by Gasteiger charge is 2.16. The van der Waals surface area contributed by atoms with Gasteiger partial charge >= 0.3 is 5.63 Å². The van der Waals surface area contributed by atoms with E-state index in [1.807, 2.05) is 0 Å². The fourth-order valence-corrected chi connectivity index (χ4v) is 2.51. The van der Waals surface area contributed by atoms with Crippen LogP contribution in [0.25, 0.3) is 11.0 Å². The van der Waals surface area contributed by atoms with Gasteiger partial charge in [0.25, 0.3) is 0 Å². The molecule has 0 aliphatic carbocycles. The van der Waals surface area contributed by atoms with Crippen LogP contribution in [0.1, 0.15) is 16.8 Å². The smallest absolute Gasteiger partial charge is 0.347 e. The maximum atomic E-state index is 12.3. The second-order valence-corrected chi connectivity index (χ2v) is 5.30. The Morgan fingerprint density at radius 2 is 2.00 bits per heavy atom. The molecule has 1 saturated heterocycles. The number of phenolic OH excluding ortho intramolecular Hbond substituents is 1. The topological polar surface area (TPSA) is 80.0 Å². The van der Waals surface area contributed by atoms with Crippen LogP contribution in [0.15, 0.2) is 33.5 Å². The molecule has 1 aliphatic heterocycles. The minimum atomic E-state index is -0.662. The summed E-state index contributed by atoms with van der Waals surface area (Å²) in [5.74, 6) is -0.211. The van der Waals surface area contributed by atoms with Gasteiger partial charge in [-0.25, -0.2) is 4.79 Å². The lowest BCUT2D eigenvalue weighted by Crippen LogP contribution is -2.37. The number of ketones is 1.